The molecule has 1 fully saturated rings. The van der Waals surface area contributed by atoms with Crippen molar-refractivity contribution in [2.75, 3.05) is 13.2 Å². The van der Waals surface area contributed by atoms with E-state index in [9.17, 15) is 9.59 Å². The molecule has 0 spiro atoms. The number of ketones is 1. The van der Waals surface area contributed by atoms with Crippen molar-refractivity contribution in [3.8, 4) is 0 Å². The van der Waals surface area contributed by atoms with Crippen molar-refractivity contribution < 1.29 is 19.1 Å². The van der Waals surface area contributed by atoms with Crippen LogP contribution in [0.1, 0.15) is 52.9 Å². The molecule has 1 aliphatic rings. The second-order valence-corrected chi connectivity index (χ2v) is 4.98. The van der Waals surface area contributed by atoms with Crippen LogP contribution >= 0.6 is 0 Å². The van der Waals surface area contributed by atoms with Crippen molar-refractivity contribution in [2.45, 2.75) is 59.0 Å². The molecule has 1 aliphatic heterocycles. The Morgan fingerprint density at radius 2 is 2.00 bits per heavy atom. The first-order valence-corrected chi connectivity index (χ1v) is 6.86. The van der Waals surface area contributed by atoms with Gasteiger partial charge in [-0.2, -0.15) is 0 Å². The standard InChI is InChI=1S/C14H24O4/c1-4-6-7-8-14(11(3)15,9-12-10-18-12)13(16)17-5-2/h12H,4-10H2,1-3H3. The number of esters is 1. The summed E-state index contributed by atoms with van der Waals surface area (Å²) in [4.78, 5) is 24.1. The smallest absolute Gasteiger partial charge is 0.319 e. The van der Waals surface area contributed by atoms with Crippen molar-refractivity contribution >= 4 is 11.8 Å². The lowest BCUT2D eigenvalue weighted by Crippen LogP contribution is -2.41. The first-order chi connectivity index (χ1) is 8.56. The van der Waals surface area contributed by atoms with E-state index in [1.165, 1.54) is 6.92 Å². The summed E-state index contributed by atoms with van der Waals surface area (Å²) in [6.07, 6.45) is 4.08. The first-order valence-electron chi connectivity index (χ1n) is 6.86. The van der Waals surface area contributed by atoms with Crippen LogP contribution in [-0.4, -0.2) is 31.1 Å². The maximum Gasteiger partial charge on any atom is 0.319 e. The first kappa shape index (κ1) is 15.2. The van der Waals surface area contributed by atoms with Crippen LogP contribution < -0.4 is 0 Å². The Morgan fingerprint density at radius 3 is 2.44 bits per heavy atom. The molecule has 0 amide bonds. The van der Waals surface area contributed by atoms with E-state index in [0.29, 0.717) is 26.1 Å². The molecule has 1 rings (SSSR count). The summed E-state index contributed by atoms with van der Waals surface area (Å²) in [5, 5.41) is 0. The maximum absolute atomic E-state index is 12.2. The monoisotopic (exact) mass is 256 g/mol. The topological polar surface area (TPSA) is 55.9 Å². The van der Waals surface area contributed by atoms with Crippen LogP contribution in [-0.2, 0) is 19.1 Å². The summed E-state index contributed by atoms with van der Waals surface area (Å²) in [5.74, 6) is -0.461. The van der Waals surface area contributed by atoms with Crippen molar-refractivity contribution in [2.24, 2.45) is 5.41 Å². The summed E-state index contributed by atoms with van der Waals surface area (Å²) in [7, 11) is 0. The molecule has 1 heterocycles. The van der Waals surface area contributed by atoms with Gasteiger partial charge < -0.3 is 9.47 Å². The summed E-state index contributed by atoms with van der Waals surface area (Å²) in [6, 6.07) is 0. The van der Waals surface area contributed by atoms with Gasteiger partial charge in [-0.3, -0.25) is 9.59 Å². The van der Waals surface area contributed by atoms with Gasteiger partial charge in [0.1, 0.15) is 11.2 Å². The number of Topliss-reactive ketones (excluding diaryl/α,β-unsaturated/α-hetero) is 1. The second kappa shape index (κ2) is 6.88. The average molecular weight is 256 g/mol. The molecule has 4 nitrogen and oxygen atoms in total. The molecular weight excluding hydrogens is 232 g/mol. The molecule has 4 heteroatoms. The molecule has 0 aromatic carbocycles. The molecule has 0 saturated carbocycles. The van der Waals surface area contributed by atoms with Gasteiger partial charge in [-0.1, -0.05) is 26.2 Å². The highest BCUT2D eigenvalue weighted by atomic mass is 16.6. The highest BCUT2D eigenvalue weighted by Crippen LogP contribution is 2.37. The molecule has 0 bridgehead atoms. The molecule has 18 heavy (non-hydrogen) atoms. The fraction of sp³-hybridized carbons (Fsp3) is 0.857. The van der Waals surface area contributed by atoms with Crippen molar-refractivity contribution in [1.82, 2.24) is 0 Å². The van der Waals surface area contributed by atoms with E-state index in [0.717, 1.165) is 19.3 Å². The van der Waals surface area contributed by atoms with Crippen LogP contribution in [0.3, 0.4) is 0 Å². The molecule has 0 radical (unpaired) electrons. The third kappa shape index (κ3) is 3.80. The normalized spacial score (nSPS) is 21.2. The minimum absolute atomic E-state index is 0.0555. The molecule has 0 N–H and O–H groups in total. The minimum atomic E-state index is -0.980. The largest absolute Gasteiger partial charge is 0.465 e. The fourth-order valence-corrected chi connectivity index (χ4v) is 2.27. The van der Waals surface area contributed by atoms with E-state index in [1.54, 1.807) is 6.92 Å². The summed E-state index contributed by atoms with van der Waals surface area (Å²) in [5.41, 5.74) is -0.980. The molecular formula is C14H24O4. The van der Waals surface area contributed by atoms with Crippen molar-refractivity contribution in [1.29, 1.82) is 0 Å². The summed E-state index contributed by atoms with van der Waals surface area (Å²) < 4.78 is 10.3. The third-order valence-electron chi connectivity index (χ3n) is 3.53. The van der Waals surface area contributed by atoms with Crippen LogP contribution in [0.2, 0.25) is 0 Å². The Balaban J connectivity index is 2.77. The van der Waals surface area contributed by atoms with Crippen LogP contribution in [0.25, 0.3) is 0 Å². The van der Waals surface area contributed by atoms with Gasteiger partial charge in [0.25, 0.3) is 0 Å². The van der Waals surface area contributed by atoms with Gasteiger partial charge in [-0.05, 0) is 26.7 Å². The van der Waals surface area contributed by atoms with Gasteiger partial charge in [0.2, 0.25) is 0 Å². The highest BCUT2D eigenvalue weighted by Gasteiger charge is 2.48. The van der Waals surface area contributed by atoms with Gasteiger partial charge in [-0.15, -0.1) is 0 Å². The Morgan fingerprint density at radius 1 is 1.33 bits per heavy atom. The Hall–Kier alpha value is -0.900. The molecule has 2 atom stereocenters. The van der Waals surface area contributed by atoms with E-state index in [1.807, 2.05) is 0 Å². The average Bonchev–Trinajstić information content (AvgIpc) is 3.11. The number of carbonyl (C=O) groups is 2. The number of ether oxygens (including phenoxy) is 2. The lowest BCUT2D eigenvalue weighted by atomic mass is 9.75. The predicted octanol–water partition coefficient (Wildman–Crippen LogP) is 2.49. The van der Waals surface area contributed by atoms with Crippen LogP contribution in [0, 0.1) is 5.41 Å². The predicted molar refractivity (Wildman–Crippen MR) is 68.2 cm³/mol. The maximum atomic E-state index is 12.2. The van der Waals surface area contributed by atoms with Gasteiger partial charge in [-0.25, -0.2) is 0 Å². The number of hydrogen-bond acceptors (Lipinski definition) is 4. The van der Waals surface area contributed by atoms with E-state index < -0.39 is 5.41 Å². The van der Waals surface area contributed by atoms with Crippen LogP contribution in [0.15, 0.2) is 0 Å². The number of rotatable bonds is 9. The number of unbranched alkanes of at least 4 members (excludes halogenated alkanes) is 2. The van der Waals surface area contributed by atoms with Gasteiger partial charge >= 0.3 is 5.97 Å². The van der Waals surface area contributed by atoms with Crippen molar-refractivity contribution in [3.63, 3.8) is 0 Å². The number of hydrogen-bond donors (Lipinski definition) is 0. The van der Waals surface area contributed by atoms with Crippen molar-refractivity contribution in [3.05, 3.63) is 0 Å². The zero-order chi connectivity index (χ0) is 13.6. The van der Waals surface area contributed by atoms with Crippen LogP contribution in [0.4, 0.5) is 0 Å². The van der Waals surface area contributed by atoms with E-state index in [2.05, 4.69) is 6.92 Å². The lowest BCUT2D eigenvalue weighted by Gasteiger charge is -2.28. The Labute approximate surface area is 109 Å². The van der Waals surface area contributed by atoms with E-state index >= 15 is 0 Å². The highest BCUT2D eigenvalue weighted by molar-refractivity contribution is 6.02. The molecule has 0 aliphatic carbocycles. The molecule has 0 aromatic heterocycles. The van der Waals surface area contributed by atoms with Crippen LogP contribution in [0.5, 0.6) is 0 Å². The third-order valence-corrected chi connectivity index (χ3v) is 3.53. The summed E-state index contributed by atoms with van der Waals surface area (Å²) >= 11 is 0. The molecule has 104 valence electrons. The number of carbonyl (C=O) groups excluding carboxylic acids is 2. The van der Waals surface area contributed by atoms with Gasteiger partial charge in [0.15, 0.2) is 0 Å². The van der Waals surface area contributed by atoms with Gasteiger partial charge in [0, 0.05) is 0 Å². The number of epoxide rings is 1. The molecule has 2 unspecified atom stereocenters. The lowest BCUT2D eigenvalue weighted by molar-refractivity contribution is -0.161. The van der Waals surface area contributed by atoms with Gasteiger partial charge in [0.05, 0.1) is 19.3 Å². The zero-order valence-electron chi connectivity index (χ0n) is 11.7. The zero-order valence-corrected chi connectivity index (χ0v) is 11.7. The Kier molecular flexibility index (Phi) is 5.79. The SMILES string of the molecule is CCCCCC(CC1CO1)(C(C)=O)C(=O)OCC. The van der Waals surface area contributed by atoms with E-state index in [4.69, 9.17) is 9.47 Å². The van der Waals surface area contributed by atoms with E-state index in [-0.39, 0.29) is 17.9 Å². The second-order valence-electron chi connectivity index (χ2n) is 4.98. The molecule has 0 aromatic rings. The quantitative estimate of drug-likeness (QED) is 0.275. The minimum Gasteiger partial charge on any atom is -0.465 e. The fourth-order valence-electron chi connectivity index (χ4n) is 2.27. The summed E-state index contributed by atoms with van der Waals surface area (Å²) in [6.45, 7) is 6.33. The molecule has 1 saturated heterocycles. The Bertz CT molecular complexity index is 296.